The zero-order valence-corrected chi connectivity index (χ0v) is 46.4. The van der Waals surface area contributed by atoms with Gasteiger partial charge in [0.2, 0.25) is 23.1 Å². The maximum Gasteiger partial charge on any atom is 0.281 e. The fourth-order valence-corrected chi connectivity index (χ4v) is 6.29. The summed E-state index contributed by atoms with van der Waals surface area (Å²) < 4.78 is 18.0. The number of carbonyl (C=O) groups is 2. The number of amidine groups is 1. The molecule has 69 heavy (non-hydrogen) atoms. The molecule has 0 atom stereocenters. The van der Waals surface area contributed by atoms with Gasteiger partial charge in [0.1, 0.15) is 29.9 Å². The number of nitrogens with one attached hydrogen (secondary N) is 6. The molecule has 0 aromatic carbocycles. The van der Waals surface area contributed by atoms with E-state index in [9.17, 15) is 24.0 Å². The first-order chi connectivity index (χ1) is 32.1. The molecule has 0 unspecified atom stereocenters. The molecule has 2 amide bonds. The first-order valence-corrected chi connectivity index (χ1v) is 24.9. The van der Waals surface area contributed by atoms with E-state index in [1.165, 1.54) is 29.0 Å². The Bertz CT molecular complexity index is 2350. The summed E-state index contributed by atoms with van der Waals surface area (Å²) in [7, 11) is 3.28. The quantitative estimate of drug-likeness (QED) is 0.0764. The largest absolute Gasteiger partial charge is 0.502 e. The monoisotopic (exact) mass is 1020 g/mol. The van der Waals surface area contributed by atoms with Gasteiger partial charge in [0.15, 0.2) is 5.75 Å². The minimum Gasteiger partial charge on any atom is -0.502 e. The van der Waals surface area contributed by atoms with Crippen molar-refractivity contribution in [3.05, 3.63) is 107 Å². The molecule has 388 valence electrons. The third-order valence-electron chi connectivity index (χ3n) is 8.47. The van der Waals surface area contributed by atoms with Crippen LogP contribution < -0.4 is 32.7 Å². The van der Waals surface area contributed by atoms with Crippen LogP contribution in [-0.4, -0.2) is 69.5 Å². The van der Waals surface area contributed by atoms with Crippen molar-refractivity contribution in [3.63, 3.8) is 0 Å². The number of aromatic nitrogens is 7. The van der Waals surface area contributed by atoms with Crippen LogP contribution in [0.5, 0.6) is 5.75 Å². The molecule has 5 aromatic rings. The number of hydrogen-bond acceptors (Lipinski definition) is 17. The molecule has 7 N–H and O–H groups in total. The Kier molecular flexibility index (Phi) is 33.5. The van der Waals surface area contributed by atoms with Crippen LogP contribution in [0.25, 0.3) is 0 Å². The van der Waals surface area contributed by atoms with Crippen molar-refractivity contribution in [2.75, 3.05) is 14.1 Å². The SMILES string of the molecule is C=C1N=C(C(C)C)NO1.CC(C)c1cc(=O)[nH]s1.CC(C)c1cocc(O)c1=O.CC(C)c1ncn[nH]1.CC(C)c1ns[nH]c1=O.CNC(=O)C(C)C.CNC(=O)C(C)C.Cc1cc(C(C)C)sn1. The Morgan fingerprint density at radius 1 is 0.725 bits per heavy atom. The van der Waals surface area contributed by atoms with Gasteiger partial charge in [0.05, 0.1) is 12.0 Å². The minimum absolute atomic E-state index is 0.0173. The highest BCUT2D eigenvalue weighted by Gasteiger charge is 2.12. The van der Waals surface area contributed by atoms with Crippen molar-refractivity contribution in [3.8, 4) is 5.75 Å². The van der Waals surface area contributed by atoms with Crippen molar-refractivity contribution in [1.82, 2.24) is 48.8 Å². The number of aromatic amines is 3. The second kappa shape index (κ2) is 35.4. The van der Waals surface area contributed by atoms with Crippen molar-refractivity contribution in [2.45, 2.75) is 147 Å². The van der Waals surface area contributed by atoms with Crippen LogP contribution in [0.15, 0.2) is 67.2 Å². The van der Waals surface area contributed by atoms with Gasteiger partial charge in [-0.2, -0.15) is 18.8 Å². The lowest BCUT2D eigenvalue weighted by atomic mass is 10.1. The lowest BCUT2D eigenvalue weighted by molar-refractivity contribution is -0.124. The topological polar surface area (TPSA) is 275 Å². The fourth-order valence-electron chi connectivity index (χ4n) is 4.25. The smallest absolute Gasteiger partial charge is 0.281 e. The van der Waals surface area contributed by atoms with E-state index in [0.717, 1.165) is 40.2 Å². The van der Waals surface area contributed by atoms with Gasteiger partial charge in [-0.15, -0.1) is 0 Å². The standard InChI is InChI=1S/C8H10O3.C7H11NS.C6H10N2O.C6H9NOS.C5H9N3.C5H8N2OS.2C5H11NO/c1-5(2)6-3-11-4-7(9)8(6)10;1-5(2)7-4-6(3)8-9-7;1-4(2)6-7-5(3)9-8-6;1-4(2)5-3-6(8)7-9-5;1-4(2)5-6-3-7-8-5;1-3(2)4-5(8)7-9-6-4;2*1-4(2)5(7)6-3/h3-5,9H,1-2H3;4-5H,1-3H3;4H,3H2,1-2H3,(H,7,8);3-4H,1-2H3,(H,7,8);3-4H,1-2H3,(H,6,7,8);3H,1-2H3,(H,7,8);2*4H,1-3H3,(H,6,7). The van der Waals surface area contributed by atoms with Gasteiger partial charge >= 0.3 is 0 Å². The third kappa shape index (κ3) is 29.0. The minimum atomic E-state index is -0.341. The highest BCUT2D eigenvalue weighted by Crippen LogP contribution is 2.19. The van der Waals surface area contributed by atoms with E-state index in [0.29, 0.717) is 40.8 Å². The Morgan fingerprint density at radius 3 is 1.51 bits per heavy atom. The molecule has 0 saturated carbocycles. The van der Waals surface area contributed by atoms with E-state index in [-0.39, 0.29) is 57.8 Å². The van der Waals surface area contributed by atoms with Gasteiger partial charge in [-0.05, 0) is 48.9 Å². The lowest BCUT2D eigenvalue weighted by Gasteiger charge is -2.01. The number of amides is 2. The number of aromatic hydroxyl groups is 1. The maximum atomic E-state index is 11.1. The van der Waals surface area contributed by atoms with Crippen molar-refractivity contribution >= 4 is 52.4 Å². The summed E-state index contributed by atoms with van der Waals surface area (Å²) in [6.45, 7) is 37.3. The molecule has 0 bridgehead atoms. The van der Waals surface area contributed by atoms with Crippen LogP contribution >= 0.6 is 34.8 Å². The Labute approximate surface area is 420 Å². The second-order valence-corrected chi connectivity index (χ2v) is 19.7. The molecular weight excluding hydrogens is 943 g/mol. The van der Waals surface area contributed by atoms with Gasteiger partial charge < -0.3 is 25.0 Å². The summed E-state index contributed by atoms with van der Waals surface area (Å²) in [5.74, 6) is 4.60. The summed E-state index contributed by atoms with van der Waals surface area (Å²) in [6, 6.07) is 3.80. The number of aryl methyl sites for hydroxylation is 1. The van der Waals surface area contributed by atoms with Gasteiger partial charge in [-0.25, -0.2) is 10.5 Å². The number of hydroxylamine groups is 1. The lowest BCUT2D eigenvalue weighted by Crippen LogP contribution is -2.22. The molecule has 5 aromatic heterocycles. The van der Waals surface area contributed by atoms with Crippen molar-refractivity contribution < 1.29 is 24.0 Å². The van der Waals surface area contributed by atoms with Crippen LogP contribution in [0.2, 0.25) is 0 Å². The van der Waals surface area contributed by atoms with Gasteiger partial charge in [-0.3, -0.25) is 37.8 Å². The van der Waals surface area contributed by atoms with E-state index in [2.05, 4.69) is 108 Å². The van der Waals surface area contributed by atoms with Crippen LogP contribution in [0.3, 0.4) is 0 Å². The first kappa shape index (κ1) is 65.3. The average Bonchev–Trinajstić information content (AvgIpc) is 4.15. The summed E-state index contributed by atoms with van der Waals surface area (Å²) in [6.07, 6.45) is 3.93. The Balaban J connectivity index is 0. The Morgan fingerprint density at radius 2 is 1.29 bits per heavy atom. The molecular formula is C47H79N11O8S3. The molecule has 1 aliphatic rings. The normalized spacial score (nSPS) is 11.1. The fraction of sp³-hybridized carbons (Fsp3) is 0.574. The number of hydrogen-bond donors (Lipinski definition) is 7. The number of H-pyrrole nitrogens is 3. The third-order valence-corrected chi connectivity index (χ3v) is 11.3. The number of aliphatic imine (C=N–C) groups is 1. The highest BCUT2D eigenvalue weighted by molar-refractivity contribution is 7.06. The zero-order valence-electron chi connectivity index (χ0n) is 44.0. The predicted molar refractivity (Wildman–Crippen MR) is 281 cm³/mol. The van der Waals surface area contributed by atoms with Crippen molar-refractivity contribution in [2.24, 2.45) is 22.7 Å². The van der Waals surface area contributed by atoms with Crippen LogP contribution in [0.4, 0.5) is 0 Å². The summed E-state index contributed by atoms with van der Waals surface area (Å²) in [5, 5.41) is 20.5. The van der Waals surface area contributed by atoms with Gasteiger partial charge in [0, 0.05) is 76.8 Å². The molecule has 1 aliphatic heterocycles. The molecule has 0 radical (unpaired) electrons. The van der Waals surface area contributed by atoms with Crippen LogP contribution in [-0.2, 0) is 14.4 Å². The molecule has 0 aliphatic carbocycles. The predicted octanol–water partition coefficient (Wildman–Crippen LogP) is 9.31. The zero-order chi connectivity index (χ0) is 53.6. The van der Waals surface area contributed by atoms with E-state index in [1.807, 2.05) is 76.2 Å². The number of carbonyl (C=O) groups excluding carboxylic acids is 2. The Hall–Kier alpha value is -5.74. The average molecular weight is 1020 g/mol. The molecule has 6 heterocycles. The molecule has 0 fully saturated rings. The molecule has 0 spiro atoms. The summed E-state index contributed by atoms with van der Waals surface area (Å²) in [4.78, 5) is 68.4. The first-order valence-electron chi connectivity index (χ1n) is 22.5. The molecule has 0 saturated heterocycles. The van der Waals surface area contributed by atoms with Crippen LogP contribution in [0.1, 0.15) is 173 Å². The van der Waals surface area contributed by atoms with Gasteiger partial charge in [-0.1, -0.05) is 122 Å². The number of nitrogens with zero attached hydrogens (tertiary/aromatic N) is 5. The van der Waals surface area contributed by atoms with Crippen molar-refractivity contribution in [1.29, 1.82) is 0 Å². The van der Waals surface area contributed by atoms with E-state index < -0.39 is 0 Å². The maximum absolute atomic E-state index is 11.1. The molecule has 22 heteroatoms. The highest BCUT2D eigenvalue weighted by atomic mass is 32.1. The summed E-state index contributed by atoms with van der Waals surface area (Å²) >= 11 is 4.13. The molecule has 6 rings (SSSR count). The van der Waals surface area contributed by atoms with E-state index in [4.69, 9.17) is 14.4 Å². The summed E-state index contributed by atoms with van der Waals surface area (Å²) in [5.41, 5.74) is 4.57. The van der Waals surface area contributed by atoms with E-state index in [1.54, 1.807) is 31.7 Å². The molecule has 19 nitrogen and oxygen atoms in total. The van der Waals surface area contributed by atoms with E-state index >= 15 is 0 Å². The van der Waals surface area contributed by atoms with Crippen LogP contribution in [0, 0.1) is 24.7 Å². The second-order valence-electron chi connectivity index (χ2n) is 17.5. The number of rotatable bonds is 8. The van der Waals surface area contributed by atoms with Gasteiger partial charge in [0.25, 0.3) is 11.1 Å².